The van der Waals surface area contributed by atoms with E-state index in [1.807, 2.05) is 24.3 Å². The number of benzene rings is 1. The van der Waals surface area contributed by atoms with E-state index in [4.69, 9.17) is 21.1 Å². The Labute approximate surface area is 172 Å². The highest BCUT2D eigenvalue weighted by atomic mass is 127. The molecule has 1 saturated heterocycles. The lowest BCUT2D eigenvalue weighted by atomic mass is 10.1. The van der Waals surface area contributed by atoms with Gasteiger partial charge in [-0.3, -0.25) is 0 Å². The third kappa shape index (κ3) is 9.08. The molecule has 0 aliphatic carbocycles. The number of nitrogens with one attached hydrogen (secondary N) is 2. The van der Waals surface area contributed by atoms with E-state index in [2.05, 4.69) is 22.5 Å². The molecule has 0 amide bonds. The van der Waals surface area contributed by atoms with Crippen LogP contribution in [-0.4, -0.2) is 45.0 Å². The highest BCUT2D eigenvalue weighted by Crippen LogP contribution is 2.15. The quantitative estimate of drug-likeness (QED) is 0.258. The first kappa shape index (κ1) is 22.5. The third-order valence-electron chi connectivity index (χ3n) is 3.85. The summed E-state index contributed by atoms with van der Waals surface area (Å²) in [6.45, 7) is 6.69. The van der Waals surface area contributed by atoms with Gasteiger partial charge < -0.3 is 20.1 Å². The van der Waals surface area contributed by atoms with Crippen LogP contribution in [0.2, 0.25) is 5.02 Å². The summed E-state index contributed by atoms with van der Waals surface area (Å²) in [5.41, 5.74) is 1.03. The summed E-state index contributed by atoms with van der Waals surface area (Å²) in [4.78, 5) is 4.58. The first-order chi connectivity index (χ1) is 11.8. The molecule has 1 aromatic carbocycles. The molecular weight excluding hydrogens is 453 g/mol. The van der Waals surface area contributed by atoms with Crippen molar-refractivity contribution in [3.8, 4) is 0 Å². The summed E-state index contributed by atoms with van der Waals surface area (Å²) in [6.07, 6.45) is 3.33. The van der Waals surface area contributed by atoms with Gasteiger partial charge in [0.15, 0.2) is 5.96 Å². The zero-order valence-corrected chi connectivity index (χ0v) is 17.9. The zero-order chi connectivity index (χ0) is 17.0. The van der Waals surface area contributed by atoms with Gasteiger partial charge in [-0.15, -0.1) is 24.0 Å². The van der Waals surface area contributed by atoms with Crippen LogP contribution in [0.4, 0.5) is 0 Å². The van der Waals surface area contributed by atoms with Gasteiger partial charge in [0.25, 0.3) is 0 Å². The van der Waals surface area contributed by atoms with E-state index in [1.54, 1.807) is 0 Å². The SMILES string of the molecule is CCNC(=NCc1ccccc1Cl)NCCCOC1CCOCC1.I. The van der Waals surface area contributed by atoms with Crippen LogP contribution < -0.4 is 10.6 Å². The van der Waals surface area contributed by atoms with Crippen LogP contribution in [0.25, 0.3) is 0 Å². The molecule has 142 valence electrons. The molecule has 5 nitrogen and oxygen atoms in total. The number of hydrogen-bond donors (Lipinski definition) is 2. The molecule has 0 bridgehead atoms. The van der Waals surface area contributed by atoms with Gasteiger partial charge in [-0.25, -0.2) is 4.99 Å². The molecule has 0 radical (unpaired) electrons. The number of rotatable bonds is 8. The van der Waals surface area contributed by atoms with Crippen molar-refractivity contribution in [3.05, 3.63) is 34.9 Å². The van der Waals surface area contributed by atoms with Gasteiger partial charge in [-0.2, -0.15) is 0 Å². The van der Waals surface area contributed by atoms with E-state index in [1.165, 1.54) is 0 Å². The minimum absolute atomic E-state index is 0. The number of hydrogen-bond acceptors (Lipinski definition) is 3. The maximum atomic E-state index is 6.17. The van der Waals surface area contributed by atoms with Crippen molar-refractivity contribution >= 4 is 41.5 Å². The Morgan fingerprint density at radius 3 is 2.76 bits per heavy atom. The van der Waals surface area contributed by atoms with Crippen molar-refractivity contribution in [2.75, 3.05) is 32.9 Å². The fourth-order valence-electron chi connectivity index (χ4n) is 2.50. The number of guanidine groups is 1. The van der Waals surface area contributed by atoms with E-state index in [0.29, 0.717) is 12.6 Å². The number of ether oxygens (including phenoxy) is 2. The molecule has 1 heterocycles. The van der Waals surface area contributed by atoms with E-state index in [-0.39, 0.29) is 24.0 Å². The minimum atomic E-state index is 0. The van der Waals surface area contributed by atoms with Crippen molar-refractivity contribution < 1.29 is 9.47 Å². The maximum Gasteiger partial charge on any atom is 0.191 e. The summed E-state index contributed by atoms with van der Waals surface area (Å²) in [6, 6.07) is 7.79. The highest BCUT2D eigenvalue weighted by molar-refractivity contribution is 14.0. The molecule has 1 fully saturated rings. The van der Waals surface area contributed by atoms with E-state index >= 15 is 0 Å². The van der Waals surface area contributed by atoms with Crippen LogP contribution in [0, 0.1) is 0 Å². The van der Waals surface area contributed by atoms with Gasteiger partial charge in [-0.1, -0.05) is 29.8 Å². The zero-order valence-electron chi connectivity index (χ0n) is 14.8. The van der Waals surface area contributed by atoms with Crippen LogP contribution >= 0.6 is 35.6 Å². The summed E-state index contributed by atoms with van der Waals surface area (Å²) in [5.74, 6) is 0.809. The average molecular weight is 482 g/mol. The van der Waals surface area contributed by atoms with Crippen molar-refractivity contribution in [3.63, 3.8) is 0 Å². The second kappa shape index (κ2) is 13.6. The molecule has 0 aromatic heterocycles. The Kier molecular flexibility index (Phi) is 12.2. The first-order valence-corrected chi connectivity index (χ1v) is 9.12. The minimum Gasteiger partial charge on any atom is -0.381 e. The third-order valence-corrected chi connectivity index (χ3v) is 4.21. The number of nitrogens with zero attached hydrogens (tertiary/aromatic N) is 1. The van der Waals surface area contributed by atoms with Crippen molar-refractivity contribution in [2.24, 2.45) is 4.99 Å². The van der Waals surface area contributed by atoms with E-state index in [9.17, 15) is 0 Å². The smallest absolute Gasteiger partial charge is 0.191 e. The van der Waals surface area contributed by atoms with Gasteiger partial charge in [-0.05, 0) is 37.8 Å². The van der Waals surface area contributed by atoms with E-state index in [0.717, 1.165) is 68.7 Å². The molecule has 7 heteroatoms. The van der Waals surface area contributed by atoms with Gasteiger partial charge in [0, 0.05) is 37.9 Å². The molecule has 25 heavy (non-hydrogen) atoms. The first-order valence-electron chi connectivity index (χ1n) is 8.74. The van der Waals surface area contributed by atoms with Gasteiger partial charge in [0.2, 0.25) is 0 Å². The highest BCUT2D eigenvalue weighted by Gasteiger charge is 2.13. The number of aliphatic imine (C=N–C) groups is 1. The second-order valence-electron chi connectivity index (χ2n) is 5.75. The summed E-state index contributed by atoms with van der Waals surface area (Å²) in [7, 11) is 0. The van der Waals surface area contributed by atoms with E-state index < -0.39 is 0 Å². The predicted octanol–water partition coefficient (Wildman–Crippen LogP) is 3.60. The fraction of sp³-hybridized carbons (Fsp3) is 0.611. The molecule has 0 atom stereocenters. The predicted molar refractivity (Wildman–Crippen MR) is 114 cm³/mol. The molecule has 2 N–H and O–H groups in total. The van der Waals surface area contributed by atoms with Crippen molar-refractivity contribution in [2.45, 2.75) is 38.8 Å². The molecule has 0 saturated carbocycles. The second-order valence-corrected chi connectivity index (χ2v) is 6.16. The van der Waals surface area contributed by atoms with Gasteiger partial charge in [0.1, 0.15) is 0 Å². The van der Waals surface area contributed by atoms with Crippen molar-refractivity contribution in [1.82, 2.24) is 10.6 Å². The molecule has 1 aromatic rings. The Hall–Kier alpha value is -0.570. The van der Waals surface area contributed by atoms with Gasteiger partial charge >= 0.3 is 0 Å². The average Bonchev–Trinajstić information content (AvgIpc) is 2.61. The molecule has 2 rings (SSSR count). The maximum absolute atomic E-state index is 6.17. The van der Waals surface area contributed by atoms with Crippen LogP contribution in [-0.2, 0) is 16.0 Å². The Morgan fingerprint density at radius 1 is 1.28 bits per heavy atom. The Balaban J connectivity index is 0.00000312. The summed E-state index contributed by atoms with van der Waals surface area (Å²) in [5, 5.41) is 7.34. The largest absolute Gasteiger partial charge is 0.381 e. The van der Waals surface area contributed by atoms with Gasteiger partial charge in [0.05, 0.1) is 12.6 Å². The van der Waals surface area contributed by atoms with Crippen LogP contribution in [0.1, 0.15) is 31.7 Å². The van der Waals surface area contributed by atoms with Crippen molar-refractivity contribution in [1.29, 1.82) is 0 Å². The fourth-order valence-corrected chi connectivity index (χ4v) is 2.70. The lowest BCUT2D eigenvalue weighted by molar-refractivity contribution is -0.0320. The Bertz CT molecular complexity index is 511. The summed E-state index contributed by atoms with van der Waals surface area (Å²) >= 11 is 6.17. The lowest BCUT2D eigenvalue weighted by Crippen LogP contribution is -2.38. The monoisotopic (exact) mass is 481 g/mol. The Morgan fingerprint density at radius 2 is 2.04 bits per heavy atom. The lowest BCUT2D eigenvalue weighted by Gasteiger charge is -2.22. The molecule has 1 aliphatic heterocycles. The normalized spacial score (nSPS) is 15.5. The van der Waals surface area contributed by atoms with Crippen LogP contribution in [0.3, 0.4) is 0 Å². The summed E-state index contributed by atoms with van der Waals surface area (Å²) < 4.78 is 11.2. The molecule has 1 aliphatic rings. The molecule has 0 spiro atoms. The molecule has 0 unspecified atom stereocenters. The topological polar surface area (TPSA) is 54.9 Å². The molecular formula is C18H29ClIN3O2. The standard InChI is InChI=1S/C18H28ClN3O2.HI/c1-2-20-18(22-14-15-6-3-4-7-17(15)19)21-10-5-11-24-16-8-12-23-13-9-16;/h3-4,6-7,16H,2,5,8-14H2,1H3,(H2,20,21,22);1H. The van der Waals surface area contributed by atoms with Crippen LogP contribution in [0.15, 0.2) is 29.3 Å². The number of halogens is 2. The van der Waals surface area contributed by atoms with Crippen LogP contribution in [0.5, 0.6) is 0 Å².